The molecule has 0 aliphatic carbocycles. The lowest BCUT2D eigenvalue weighted by atomic mass is 10.2. The summed E-state index contributed by atoms with van der Waals surface area (Å²) in [5.41, 5.74) is 1.62. The highest BCUT2D eigenvalue weighted by Crippen LogP contribution is 2.23. The second kappa shape index (κ2) is 7.98. The largest absolute Gasteiger partial charge is 0.497 e. The van der Waals surface area contributed by atoms with E-state index in [2.05, 4.69) is 5.32 Å². The highest BCUT2D eigenvalue weighted by Gasteiger charge is 2.01. The van der Waals surface area contributed by atoms with E-state index in [1.807, 2.05) is 0 Å². The first-order valence-corrected chi connectivity index (χ1v) is 7.04. The second-order valence-electron chi connectivity index (χ2n) is 4.82. The molecular weight excluding hydrogens is 297 g/mol. The van der Waals surface area contributed by atoms with Crippen LogP contribution in [0, 0.1) is 5.82 Å². The van der Waals surface area contributed by atoms with Gasteiger partial charge in [0, 0.05) is 18.7 Å². The van der Waals surface area contributed by atoms with Gasteiger partial charge in [-0.05, 0) is 41.5 Å². The maximum Gasteiger partial charge on any atom is 0.244 e. The van der Waals surface area contributed by atoms with Crippen molar-refractivity contribution in [2.24, 2.45) is 0 Å². The fourth-order valence-corrected chi connectivity index (χ4v) is 1.95. The molecule has 0 bridgehead atoms. The zero-order valence-electron chi connectivity index (χ0n) is 13.0. The Morgan fingerprint density at radius 1 is 1.09 bits per heavy atom. The van der Waals surface area contributed by atoms with Gasteiger partial charge in [0.2, 0.25) is 5.91 Å². The first-order chi connectivity index (χ1) is 11.1. The normalized spacial score (nSPS) is 10.6. The van der Waals surface area contributed by atoms with E-state index in [0.29, 0.717) is 18.0 Å². The maximum atomic E-state index is 12.8. The predicted octanol–water partition coefficient (Wildman–Crippen LogP) is 3.17. The van der Waals surface area contributed by atoms with Gasteiger partial charge in [0.1, 0.15) is 17.3 Å². The van der Waals surface area contributed by atoms with Crippen molar-refractivity contribution in [2.75, 3.05) is 14.2 Å². The van der Waals surface area contributed by atoms with Crippen molar-refractivity contribution < 1.29 is 18.7 Å². The molecule has 0 aliphatic rings. The number of hydrogen-bond donors (Lipinski definition) is 1. The van der Waals surface area contributed by atoms with Gasteiger partial charge < -0.3 is 14.8 Å². The minimum absolute atomic E-state index is 0.240. The van der Waals surface area contributed by atoms with Gasteiger partial charge in [-0.15, -0.1) is 0 Å². The van der Waals surface area contributed by atoms with E-state index in [1.165, 1.54) is 18.2 Å². The first kappa shape index (κ1) is 16.5. The van der Waals surface area contributed by atoms with Gasteiger partial charge in [0.15, 0.2) is 0 Å². The zero-order chi connectivity index (χ0) is 16.7. The topological polar surface area (TPSA) is 47.6 Å². The van der Waals surface area contributed by atoms with Crippen LogP contribution in [0.3, 0.4) is 0 Å². The Labute approximate surface area is 134 Å². The molecular formula is C18H18FNO3. The fourth-order valence-electron chi connectivity index (χ4n) is 1.95. The standard InChI is InChI=1S/C18H18FNO3/c1-22-16-9-14(10-17(11-16)23-2)5-8-18(21)20-12-13-3-6-15(19)7-4-13/h3-11H,12H2,1-2H3,(H,20,21)/b8-5+. The third kappa shape index (κ3) is 5.14. The lowest BCUT2D eigenvalue weighted by Gasteiger charge is -2.06. The average molecular weight is 315 g/mol. The molecule has 2 aromatic carbocycles. The van der Waals surface area contributed by atoms with Crippen LogP contribution in [0.15, 0.2) is 48.5 Å². The Hall–Kier alpha value is -2.82. The number of methoxy groups -OCH3 is 2. The van der Waals surface area contributed by atoms with Crippen LogP contribution < -0.4 is 14.8 Å². The molecule has 5 heteroatoms. The molecule has 0 heterocycles. The molecule has 1 amide bonds. The summed E-state index contributed by atoms with van der Waals surface area (Å²) in [6.07, 6.45) is 3.10. The van der Waals surface area contributed by atoms with Crippen LogP contribution in [-0.2, 0) is 11.3 Å². The molecule has 0 unspecified atom stereocenters. The number of ether oxygens (including phenoxy) is 2. The summed E-state index contributed by atoms with van der Waals surface area (Å²) in [7, 11) is 3.13. The van der Waals surface area contributed by atoms with Crippen LogP contribution in [0.5, 0.6) is 11.5 Å². The summed E-state index contributed by atoms with van der Waals surface area (Å²) in [4.78, 5) is 11.8. The molecule has 0 fully saturated rings. The number of amides is 1. The van der Waals surface area contributed by atoms with E-state index in [9.17, 15) is 9.18 Å². The van der Waals surface area contributed by atoms with E-state index in [1.54, 1.807) is 50.6 Å². The van der Waals surface area contributed by atoms with Crippen molar-refractivity contribution in [3.05, 3.63) is 65.5 Å². The molecule has 2 rings (SSSR count). The summed E-state index contributed by atoms with van der Waals surface area (Å²) in [6, 6.07) is 11.3. The maximum absolute atomic E-state index is 12.8. The zero-order valence-corrected chi connectivity index (χ0v) is 13.0. The molecule has 0 spiro atoms. The van der Waals surface area contributed by atoms with Gasteiger partial charge in [-0.2, -0.15) is 0 Å². The Morgan fingerprint density at radius 3 is 2.26 bits per heavy atom. The van der Waals surface area contributed by atoms with E-state index < -0.39 is 0 Å². The number of halogens is 1. The molecule has 0 radical (unpaired) electrons. The third-order valence-corrected chi connectivity index (χ3v) is 3.18. The minimum Gasteiger partial charge on any atom is -0.497 e. The molecule has 0 saturated heterocycles. The van der Waals surface area contributed by atoms with Crippen molar-refractivity contribution in [3.63, 3.8) is 0 Å². The monoisotopic (exact) mass is 315 g/mol. The number of carbonyl (C=O) groups excluding carboxylic acids is 1. The number of hydrogen-bond acceptors (Lipinski definition) is 3. The van der Waals surface area contributed by atoms with E-state index in [-0.39, 0.29) is 11.7 Å². The van der Waals surface area contributed by atoms with Crippen LogP contribution >= 0.6 is 0 Å². The average Bonchev–Trinajstić information content (AvgIpc) is 2.59. The molecule has 0 aromatic heterocycles. The number of nitrogens with one attached hydrogen (secondary N) is 1. The predicted molar refractivity (Wildman–Crippen MR) is 86.8 cm³/mol. The van der Waals surface area contributed by atoms with Gasteiger partial charge in [0.05, 0.1) is 14.2 Å². The smallest absolute Gasteiger partial charge is 0.244 e. The quantitative estimate of drug-likeness (QED) is 0.833. The Kier molecular flexibility index (Phi) is 5.74. The van der Waals surface area contributed by atoms with Crippen molar-refractivity contribution in [3.8, 4) is 11.5 Å². The number of rotatable bonds is 6. The van der Waals surface area contributed by atoms with Crippen LogP contribution in [0.2, 0.25) is 0 Å². The van der Waals surface area contributed by atoms with Gasteiger partial charge in [-0.3, -0.25) is 4.79 Å². The lowest BCUT2D eigenvalue weighted by molar-refractivity contribution is -0.116. The van der Waals surface area contributed by atoms with E-state index in [0.717, 1.165) is 11.1 Å². The number of carbonyl (C=O) groups is 1. The molecule has 120 valence electrons. The summed E-state index contributed by atoms with van der Waals surface area (Å²) < 4.78 is 23.1. The highest BCUT2D eigenvalue weighted by molar-refractivity contribution is 5.91. The van der Waals surface area contributed by atoms with Crippen LogP contribution in [0.1, 0.15) is 11.1 Å². The fraction of sp³-hybridized carbons (Fsp3) is 0.167. The van der Waals surface area contributed by atoms with Crippen molar-refractivity contribution in [1.82, 2.24) is 5.32 Å². The number of benzene rings is 2. The minimum atomic E-state index is -0.299. The van der Waals surface area contributed by atoms with Crippen molar-refractivity contribution in [1.29, 1.82) is 0 Å². The van der Waals surface area contributed by atoms with Gasteiger partial charge in [-0.1, -0.05) is 12.1 Å². The molecule has 1 N–H and O–H groups in total. The second-order valence-corrected chi connectivity index (χ2v) is 4.82. The first-order valence-electron chi connectivity index (χ1n) is 7.04. The third-order valence-electron chi connectivity index (χ3n) is 3.18. The molecule has 0 aliphatic heterocycles. The highest BCUT2D eigenvalue weighted by atomic mass is 19.1. The van der Waals surface area contributed by atoms with E-state index in [4.69, 9.17) is 9.47 Å². The van der Waals surface area contributed by atoms with Crippen molar-refractivity contribution in [2.45, 2.75) is 6.54 Å². The SMILES string of the molecule is COc1cc(/C=C/C(=O)NCc2ccc(F)cc2)cc(OC)c1. The molecule has 0 saturated carbocycles. The molecule has 2 aromatic rings. The summed E-state index contributed by atoms with van der Waals surface area (Å²) in [5.74, 6) is 0.759. The van der Waals surface area contributed by atoms with Crippen LogP contribution in [-0.4, -0.2) is 20.1 Å². The molecule has 0 atom stereocenters. The van der Waals surface area contributed by atoms with E-state index >= 15 is 0 Å². The lowest BCUT2D eigenvalue weighted by Crippen LogP contribution is -2.20. The van der Waals surface area contributed by atoms with Gasteiger partial charge in [-0.25, -0.2) is 4.39 Å². The van der Waals surface area contributed by atoms with Gasteiger partial charge >= 0.3 is 0 Å². The Morgan fingerprint density at radius 2 is 1.70 bits per heavy atom. The summed E-state index contributed by atoms with van der Waals surface area (Å²) in [5, 5.41) is 2.74. The summed E-state index contributed by atoms with van der Waals surface area (Å²) in [6.45, 7) is 0.338. The molecule has 4 nitrogen and oxygen atoms in total. The van der Waals surface area contributed by atoms with Crippen LogP contribution in [0.25, 0.3) is 6.08 Å². The van der Waals surface area contributed by atoms with Gasteiger partial charge in [0.25, 0.3) is 0 Å². The molecule has 23 heavy (non-hydrogen) atoms. The van der Waals surface area contributed by atoms with Crippen molar-refractivity contribution >= 4 is 12.0 Å². The van der Waals surface area contributed by atoms with Crippen LogP contribution in [0.4, 0.5) is 4.39 Å². The summed E-state index contributed by atoms with van der Waals surface area (Å²) >= 11 is 0. The Bertz CT molecular complexity index is 674. The Balaban J connectivity index is 1.96.